The number of benzene rings is 2. The monoisotopic (exact) mass is 242 g/mol. The van der Waals surface area contributed by atoms with Gasteiger partial charge >= 0.3 is 0 Å². The minimum Gasteiger partial charge on any atom is -0.507 e. The van der Waals surface area contributed by atoms with Crippen LogP contribution < -0.4 is 4.74 Å². The Morgan fingerprint density at radius 2 is 1.94 bits per heavy atom. The topological polar surface area (TPSA) is 46.5 Å². The lowest BCUT2D eigenvalue weighted by Gasteiger charge is -2.06. The van der Waals surface area contributed by atoms with E-state index in [4.69, 9.17) is 4.74 Å². The first-order valence-electron chi connectivity index (χ1n) is 5.60. The SMILES string of the molecule is COc1cccc(C(=O)c2cc(C)ccc2O)c1. The van der Waals surface area contributed by atoms with Crippen molar-refractivity contribution >= 4 is 5.78 Å². The molecule has 0 saturated carbocycles. The number of rotatable bonds is 3. The van der Waals surface area contributed by atoms with Crippen molar-refractivity contribution in [3.05, 3.63) is 59.2 Å². The second kappa shape index (κ2) is 4.92. The maximum atomic E-state index is 12.3. The molecule has 0 amide bonds. The van der Waals surface area contributed by atoms with Gasteiger partial charge in [-0.15, -0.1) is 0 Å². The van der Waals surface area contributed by atoms with Gasteiger partial charge < -0.3 is 9.84 Å². The molecule has 0 fully saturated rings. The van der Waals surface area contributed by atoms with Crippen molar-refractivity contribution in [2.24, 2.45) is 0 Å². The van der Waals surface area contributed by atoms with Crippen molar-refractivity contribution in [1.82, 2.24) is 0 Å². The Morgan fingerprint density at radius 3 is 2.67 bits per heavy atom. The molecule has 3 nitrogen and oxygen atoms in total. The Bertz CT molecular complexity index is 588. The normalized spacial score (nSPS) is 10.1. The highest BCUT2D eigenvalue weighted by atomic mass is 16.5. The molecule has 3 heteroatoms. The molecule has 0 saturated heterocycles. The fraction of sp³-hybridized carbons (Fsp3) is 0.133. The van der Waals surface area contributed by atoms with E-state index in [9.17, 15) is 9.90 Å². The summed E-state index contributed by atoms with van der Waals surface area (Å²) in [4.78, 5) is 12.3. The number of ketones is 1. The summed E-state index contributed by atoms with van der Waals surface area (Å²) in [6, 6.07) is 11.8. The van der Waals surface area contributed by atoms with E-state index in [0.29, 0.717) is 16.9 Å². The van der Waals surface area contributed by atoms with Crippen LogP contribution >= 0.6 is 0 Å². The van der Waals surface area contributed by atoms with Gasteiger partial charge in [0, 0.05) is 5.56 Å². The van der Waals surface area contributed by atoms with Crippen LogP contribution in [0.1, 0.15) is 21.5 Å². The molecule has 2 rings (SSSR count). The third-order valence-corrected chi connectivity index (χ3v) is 2.73. The molecule has 0 aliphatic carbocycles. The van der Waals surface area contributed by atoms with Crippen LogP contribution in [0.3, 0.4) is 0 Å². The first-order chi connectivity index (χ1) is 8.61. The molecule has 2 aromatic rings. The van der Waals surface area contributed by atoms with Crippen LogP contribution in [-0.2, 0) is 0 Å². The van der Waals surface area contributed by atoms with Crippen molar-refractivity contribution in [1.29, 1.82) is 0 Å². The Labute approximate surface area is 106 Å². The van der Waals surface area contributed by atoms with Gasteiger partial charge in [0.05, 0.1) is 12.7 Å². The molecule has 0 spiro atoms. The van der Waals surface area contributed by atoms with Crippen LogP contribution in [0.4, 0.5) is 0 Å². The molecule has 0 atom stereocenters. The van der Waals surface area contributed by atoms with Crippen LogP contribution in [0.2, 0.25) is 0 Å². The lowest BCUT2D eigenvalue weighted by molar-refractivity contribution is 0.103. The third-order valence-electron chi connectivity index (χ3n) is 2.73. The molecule has 18 heavy (non-hydrogen) atoms. The Morgan fingerprint density at radius 1 is 1.17 bits per heavy atom. The molecule has 0 heterocycles. The number of carbonyl (C=O) groups excluding carboxylic acids is 1. The standard InChI is InChI=1S/C15H14O3/c1-10-6-7-14(16)13(8-10)15(17)11-4-3-5-12(9-11)18-2/h3-9,16H,1-2H3. The number of carbonyl (C=O) groups is 1. The van der Waals surface area contributed by atoms with Gasteiger partial charge in [0.15, 0.2) is 5.78 Å². The van der Waals surface area contributed by atoms with Gasteiger partial charge in [-0.05, 0) is 31.2 Å². The van der Waals surface area contributed by atoms with E-state index in [1.165, 1.54) is 6.07 Å². The van der Waals surface area contributed by atoms with E-state index < -0.39 is 0 Å². The molecular formula is C15H14O3. The Balaban J connectivity index is 2.44. The predicted octanol–water partition coefficient (Wildman–Crippen LogP) is 2.94. The summed E-state index contributed by atoms with van der Waals surface area (Å²) < 4.78 is 5.08. The molecule has 0 radical (unpaired) electrons. The summed E-state index contributed by atoms with van der Waals surface area (Å²) in [5, 5.41) is 9.74. The minimum absolute atomic E-state index is 0.00609. The van der Waals surface area contributed by atoms with Crippen LogP contribution in [0.15, 0.2) is 42.5 Å². The fourth-order valence-corrected chi connectivity index (χ4v) is 1.75. The van der Waals surface area contributed by atoms with Gasteiger partial charge in [-0.25, -0.2) is 0 Å². The highest BCUT2D eigenvalue weighted by Crippen LogP contribution is 2.23. The fourth-order valence-electron chi connectivity index (χ4n) is 1.75. The van der Waals surface area contributed by atoms with E-state index in [2.05, 4.69) is 0 Å². The Hall–Kier alpha value is -2.29. The van der Waals surface area contributed by atoms with Crippen LogP contribution in [0, 0.1) is 6.92 Å². The maximum Gasteiger partial charge on any atom is 0.196 e. The third kappa shape index (κ3) is 2.35. The highest BCUT2D eigenvalue weighted by molar-refractivity contribution is 6.10. The lowest BCUT2D eigenvalue weighted by atomic mass is 10.0. The molecule has 92 valence electrons. The summed E-state index contributed by atoms with van der Waals surface area (Å²) >= 11 is 0. The largest absolute Gasteiger partial charge is 0.507 e. The first-order valence-corrected chi connectivity index (χ1v) is 5.60. The summed E-state index contributed by atoms with van der Waals surface area (Å²) in [5.41, 5.74) is 1.73. The zero-order chi connectivity index (χ0) is 13.1. The molecule has 0 aliphatic heterocycles. The quantitative estimate of drug-likeness (QED) is 0.842. The van der Waals surface area contributed by atoms with Crippen LogP contribution in [0.25, 0.3) is 0 Å². The molecule has 1 N–H and O–H groups in total. The molecule has 0 aromatic heterocycles. The van der Waals surface area contributed by atoms with Gasteiger partial charge in [-0.3, -0.25) is 4.79 Å². The zero-order valence-corrected chi connectivity index (χ0v) is 10.3. The number of methoxy groups -OCH3 is 1. The number of hydrogen-bond donors (Lipinski definition) is 1. The average Bonchev–Trinajstić information content (AvgIpc) is 2.41. The summed E-state index contributed by atoms with van der Waals surface area (Å²) in [7, 11) is 1.55. The molecular weight excluding hydrogens is 228 g/mol. The number of ether oxygens (including phenoxy) is 1. The lowest BCUT2D eigenvalue weighted by Crippen LogP contribution is -2.02. The van der Waals surface area contributed by atoms with Crippen molar-refractivity contribution in [3.63, 3.8) is 0 Å². The smallest absolute Gasteiger partial charge is 0.196 e. The average molecular weight is 242 g/mol. The van der Waals surface area contributed by atoms with Gasteiger partial charge in [0.2, 0.25) is 0 Å². The second-order valence-electron chi connectivity index (χ2n) is 4.08. The van der Waals surface area contributed by atoms with Gasteiger partial charge in [0.25, 0.3) is 0 Å². The first kappa shape index (κ1) is 12.2. The Kier molecular flexibility index (Phi) is 3.33. The molecule has 0 aliphatic rings. The van der Waals surface area contributed by atoms with Crippen molar-refractivity contribution in [2.75, 3.05) is 7.11 Å². The maximum absolute atomic E-state index is 12.3. The minimum atomic E-state index is -0.213. The second-order valence-corrected chi connectivity index (χ2v) is 4.08. The highest BCUT2D eigenvalue weighted by Gasteiger charge is 2.14. The van der Waals surface area contributed by atoms with E-state index in [-0.39, 0.29) is 11.5 Å². The van der Waals surface area contributed by atoms with Gasteiger partial charge in [-0.2, -0.15) is 0 Å². The number of phenolic OH excluding ortho intramolecular Hbond substituents is 1. The number of phenols is 1. The van der Waals surface area contributed by atoms with Crippen molar-refractivity contribution < 1.29 is 14.6 Å². The number of aryl methyl sites for hydroxylation is 1. The summed E-state index contributed by atoms with van der Waals surface area (Å²) in [6.45, 7) is 1.88. The van der Waals surface area contributed by atoms with E-state index in [0.717, 1.165) is 5.56 Å². The van der Waals surface area contributed by atoms with Crippen LogP contribution in [-0.4, -0.2) is 18.0 Å². The van der Waals surface area contributed by atoms with E-state index >= 15 is 0 Å². The zero-order valence-electron chi connectivity index (χ0n) is 10.3. The summed E-state index contributed by atoms with van der Waals surface area (Å²) in [6.07, 6.45) is 0. The van der Waals surface area contributed by atoms with E-state index in [1.807, 2.05) is 6.92 Å². The molecule has 2 aromatic carbocycles. The number of aromatic hydroxyl groups is 1. The molecule has 0 unspecified atom stereocenters. The summed E-state index contributed by atoms with van der Waals surface area (Å²) in [5.74, 6) is 0.400. The van der Waals surface area contributed by atoms with Crippen molar-refractivity contribution in [2.45, 2.75) is 6.92 Å². The molecule has 0 bridgehead atoms. The predicted molar refractivity (Wildman–Crippen MR) is 69.3 cm³/mol. The number of hydrogen-bond acceptors (Lipinski definition) is 3. The van der Waals surface area contributed by atoms with Crippen molar-refractivity contribution in [3.8, 4) is 11.5 Å². The van der Waals surface area contributed by atoms with E-state index in [1.54, 1.807) is 43.5 Å². The van der Waals surface area contributed by atoms with Gasteiger partial charge in [-0.1, -0.05) is 23.8 Å². The van der Waals surface area contributed by atoms with Crippen LogP contribution in [0.5, 0.6) is 11.5 Å². The van der Waals surface area contributed by atoms with Gasteiger partial charge in [0.1, 0.15) is 11.5 Å².